The fraction of sp³-hybridized carbons (Fsp3) is 0.320. The summed E-state index contributed by atoms with van der Waals surface area (Å²) in [5.41, 5.74) is 11.3. The first kappa shape index (κ1) is 23.4. The number of rotatable bonds is 2. The van der Waals surface area contributed by atoms with Gasteiger partial charge in [-0.05, 0) is 55.0 Å². The van der Waals surface area contributed by atoms with Crippen LogP contribution in [0.3, 0.4) is 0 Å². The van der Waals surface area contributed by atoms with Gasteiger partial charge in [-0.1, -0.05) is 12.1 Å². The van der Waals surface area contributed by atoms with E-state index in [4.69, 9.17) is 16.2 Å². The minimum atomic E-state index is -0.290. The number of benzene rings is 1. The lowest BCUT2D eigenvalue weighted by Crippen LogP contribution is -2.52. The van der Waals surface area contributed by atoms with E-state index in [1.54, 1.807) is 23.4 Å². The van der Waals surface area contributed by atoms with Gasteiger partial charge < -0.3 is 21.1 Å². The SMILES string of the molecule is CC(=O)N1CC(O)C1.Cc1nc(N)nc2c1C(=N)CC(c1ccc(F)cc1-c1cccnc1)C2. The van der Waals surface area contributed by atoms with Crippen molar-refractivity contribution < 1.29 is 14.3 Å². The Labute approximate surface area is 197 Å². The van der Waals surface area contributed by atoms with Gasteiger partial charge in [0.05, 0.1) is 17.5 Å². The molecule has 1 aliphatic heterocycles. The van der Waals surface area contributed by atoms with Crippen LogP contribution < -0.4 is 5.73 Å². The van der Waals surface area contributed by atoms with Crippen molar-refractivity contribution in [3.8, 4) is 11.1 Å². The zero-order chi connectivity index (χ0) is 24.4. The van der Waals surface area contributed by atoms with Crippen LogP contribution in [-0.4, -0.2) is 55.8 Å². The number of aliphatic hydroxyl groups excluding tert-OH is 1. The summed E-state index contributed by atoms with van der Waals surface area (Å²) < 4.78 is 13.9. The maximum Gasteiger partial charge on any atom is 0.220 e. The monoisotopic (exact) mass is 462 g/mol. The summed E-state index contributed by atoms with van der Waals surface area (Å²) in [5.74, 6) is 0.0115. The zero-order valence-corrected chi connectivity index (χ0v) is 19.1. The molecule has 0 saturated carbocycles. The molecule has 1 atom stereocenters. The maximum absolute atomic E-state index is 13.9. The Morgan fingerprint density at radius 3 is 2.62 bits per heavy atom. The molecule has 1 amide bonds. The average molecular weight is 463 g/mol. The number of hydrogen-bond donors (Lipinski definition) is 3. The number of amides is 1. The predicted octanol–water partition coefficient (Wildman–Crippen LogP) is 2.88. The lowest BCUT2D eigenvalue weighted by Gasteiger charge is -2.34. The number of hydrogen-bond acceptors (Lipinski definition) is 7. The molecule has 5 rings (SSSR count). The Bertz CT molecular complexity index is 1230. The van der Waals surface area contributed by atoms with Crippen molar-refractivity contribution >= 4 is 17.6 Å². The molecule has 1 fully saturated rings. The minimum absolute atomic E-state index is 0.0273. The van der Waals surface area contributed by atoms with Gasteiger partial charge in [0.25, 0.3) is 0 Å². The largest absolute Gasteiger partial charge is 0.389 e. The minimum Gasteiger partial charge on any atom is -0.389 e. The Kier molecular flexibility index (Phi) is 6.65. The first-order valence-corrected chi connectivity index (χ1v) is 11.1. The average Bonchev–Trinajstić information content (AvgIpc) is 2.77. The number of carbonyl (C=O) groups is 1. The lowest BCUT2D eigenvalue weighted by molar-refractivity contribution is -0.138. The molecule has 1 saturated heterocycles. The summed E-state index contributed by atoms with van der Waals surface area (Å²) in [7, 11) is 0. The molecule has 1 aliphatic carbocycles. The molecule has 8 nitrogen and oxygen atoms in total. The van der Waals surface area contributed by atoms with E-state index in [-0.39, 0.29) is 29.7 Å². The van der Waals surface area contributed by atoms with Gasteiger partial charge in [-0.15, -0.1) is 0 Å². The summed E-state index contributed by atoms with van der Waals surface area (Å²) in [5, 5.41) is 17.1. The molecule has 1 unspecified atom stereocenters. The van der Waals surface area contributed by atoms with Gasteiger partial charge in [0.1, 0.15) is 5.82 Å². The number of aryl methyl sites for hydroxylation is 1. The van der Waals surface area contributed by atoms with Gasteiger partial charge in [-0.25, -0.2) is 14.4 Å². The van der Waals surface area contributed by atoms with Crippen LogP contribution in [0, 0.1) is 18.2 Å². The summed E-state index contributed by atoms with van der Waals surface area (Å²) >= 11 is 0. The molecule has 1 aromatic carbocycles. The van der Waals surface area contributed by atoms with Crippen LogP contribution >= 0.6 is 0 Å². The zero-order valence-electron chi connectivity index (χ0n) is 19.1. The number of β-amino-alcohol motifs (C(OH)–C–C–N with tert-alkyl or cyclic N) is 1. The van der Waals surface area contributed by atoms with Gasteiger partial charge in [-0.3, -0.25) is 9.78 Å². The summed E-state index contributed by atoms with van der Waals surface area (Å²) in [6.07, 6.45) is 4.35. The Balaban J connectivity index is 0.000000291. The van der Waals surface area contributed by atoms with Crippen molar-refractivity contribution in [2.75, 3.05) is 18.8 Å². The van der Waals surface area contributed by atoms with E-state index in [1.807, 2.05) is 19.1 Å². The van der Waals surface area contributed by atoms with Crippen molar-refractivity contribution in [1.29, 1.82) is 5.41 Å². The van der Waals surface area contributed by atoms with Gasteiger partial charge >= 0.3 is 0 Å². The predicted molar refractivity (Wildman–Crippen MR) is 127 cm³/mol. The summed E-state index contributed by atoms with van der Waals surface area (Å²) in [4.78, 5) is 24.7. The number of fused-ring (bicyclic) bond motifs is 1. The van der Waals surface area contributed by atoms with E-state index >= 15 is 0 Å². The first-order valence-electron chi connectivity index (χ1n) is 11.1. The molecular weight excluding hydrogens is 435 g/mol. The molecule has 3 aromatic rings. The molecule has 0 bridgehead atoms. The number of likely N-dealkylation sites (tertiary alicyclic amines) is 1. The van der Waals surface area contributed by atoms with E-state index in [2.05, 4.69) is 15.0 Å². The highest BCUT2D eigenvalue weighted by atomic mass is 19.1. The molecule has 9 heteroatoms. The summed E-state index contributed by atoms with van der Waals surface area (Å²) in [6.45, 7) is 4.40. The number of anilines is 1. The standard InChI is InChI=1S/C20H18FN5.C5H9NO2/c1-11-19-17(22)7-13(8-18(19)26-20(23)25-11)15-5-4-14(21)9-16(15)12-3-2-6-24-10-12;1-4(7)6-2-5(8)3-6/h2-6,9-10,13,22H,7-8H2,1H3,(H2,23,25,26);5,8H,2-3H2,1H3. The van der Waals surface area contributed by atoms with Crippen LogP contribution in [-0.2, 0) is 11.2 Å². The van der Waals surface area contributed by atoms with Crippen LogP contribution in [0.1, 0.15) is 41.8 Å². The second kappa shape index (κ2) is 9.64. The number of carbonyl (C=O) groups excluding carboxylic acids is 1. The van der Waals surface area contributed by atoms with E-state index in [0.29, 0.717) is 31.6 Å². The number of nitrogens with one attached hydrogen (secondary N) is 1. The molecule has 176 valence electrons. The number of nitrogens with two attached hydrogens (primary N) is 1. The van der Waals surface area contributed by atoms with Crippen LogP contribution in [0.2, 0.25) is 0 Å². The molecule has 4 N–H and O–H groups in total. The van der Waals surface area contributed by atoms with Gasteiger partial charge in [0.2, 0.25) is 11.9 Å². The fourth-order valence-corrected chi connectivity index (χ4v) is 4.44. The van der Waals surface area contributed by atoms with Crippen molar-refractivity contribution in [3.05, 3.63) is 71.1 Å². The Morgan fingerprint density at radius 1 is 1.24 bits per heavy atom. The van der Waals surface area contributed by atoms with Gasteiger partial charge in [0, 0.05) is 49.2 Å². The molecule has 2 aromatic heterocycles. The van der Waals surface area contributed by atoms with Crippen LogP contribution in [0.5, 0.6) is 0 Å². The third-order valence-electron chi connectivity index (χ3n) is 6.11. The third-order valence-corrected chi connectivity index (χ3v) is 6.11. The quantitative estimate of drug-likeness (QED) is 0.537. The first-order chi connectivity index (χ1) is 16.2. The van der Waals surface area contributed by atoms with Gasteiger partial charge in [-0.2, -0.15) is 0 Å². The Hall–Kier alpha value is -3.72. The highest BCUT2D eigenvalue weighted by Crippen LogP contribution is 2.38. The van der Waals surface area contributed by atoms with Crippen LogP contribution in [0.25, 0.3) is 11.1 Å². The van der Waals surface area contributed by atoms with Crippen molar-refractivity contribution in [2.24, 2.45) is 0 Å². The van der Waals surface area contributed by atoms with Crippen molar-refractivity contribution in [2.45, 2.75) is 38.7 Å². The van der Waals surface area contributed by atoms with E-state index < -0.39 is 0 Å². The molecule has 2 aliphatic rings. The number of nitrogen functional groups attached to an aromatic ring is 1. The number of nitrogens with zero attached hydrogens (tertiary/aromatic N) is 4. The Morgan fingerprint density at radius 2 is 2.00 bits per heavy atom. The number of aromatic nitrogens is 3. The molecular formula is C25H27FN6O2. The number of halogens is 1. The number of pyridine rings is 1. The fourth-order valence-electron chi connectivity index (χ4n) is 4.44. The third kappa shape index (κ3) is 4.94. The van der Waals surface area contributed by atoms with E-state index in [9.17, 15) is 9.18 Å². The highest BCUT2D eigenvalue weighted by molar-refractivity contribution is 6.01. The van der Waals surface area contributed by atoms with Crippen molar-refractivity contribution in [3.63, 3.8) is 0 Å². The van der Waals surface area contributed by atoms with Crippen LogP contribution in [0.15, 0.2) is 42.7 Å². The number of aliphatic hydroxyl groups is 1. The normalized spacial score (nSPS) is 17.4. The van der Waals surface area contributed by atoms with Crippen LogP contribution in [0.4, 0.5) is 10.3 Å². The topological polar surface area (TPSA) is 129 Å². The smallest absolute Gasteiger partial charge is 0.220 e. The van der Waals surface area contributed by atoms with E-state index in [1.165, 1.54) is 19.1 Å². The lowest BCUT2D eigenvalue weighted by atomic mass is 9.78. The molecule has 0 spiro atoms. The second-order valence-electron chi connectivity index (χ2n) is 8.62. The maximum atomic E-state index is 13.9. The van der Waals surface area contributed by atoms with Crippen molar-refractivity contribution in [1.82, 2.24) is 19.9 Å². The second-order valence-corrected chi connectivity index (χ2v) is 8.62. The molecule has 34 heavy (non-hydrogen) atoms. The summed E-state index contributed by atoms with van der Waals surface area (Å²) in [6, 6.07) is 8.55. The molecule has 3 heterocycles. The molecule has 0 radical (unpaired) electrons. The van der Waals surface area contributed by atoms with Gasteiger partial charge in [0.15, 0.2) is 0 Å². The van der Waals surface area contributed by atoms with E-state index in [0.717, 1.165) is 33.6 Å². The highest BCUT2D eigenvalue weighted by Gasteiger charge is 2.29.